The number of aromatic nitrogens is 1. The maximum absolute atomic E-state index is 13.2. The van der Waals surface area contributed by atoms with Crippen molar-refractivity contribution in [3.05, 3.63) is 47.6 Å². The Morgan fingerprint density at radius 1 is 1.40 bits per heavy atom. The Kier molecular flexibility index (Phi) is 3.81. The molecule has 0 radical (unpaired) electrons. The van der Waals surface area contributed by atoms with E-state index in [1.54, 1.807) is 0 Å². The molecule has 7 nitrogen and oxygen atoms in total. The van der Waals surface area contributed by atoms with Gasteiger partial charge in [-0.15, -0.1) is 0 Å². The molecule has 0 bridgehead atoms. The van der Waals surface area contributed by atoms with Crippen molar-refractivity contribution in [1.29, 1.82) is 0 Å². The van der Waals surface area contributed by atoms with Crippen LogP contribution in [0.1, 0.15) is 16.1 Å². The first-order valence-corrected chi connectivity index (χ1v) is 6.80. The third-order valence-electron chi connectivity index (χ3n) is 2.41. The third-order valence-corrected chi connectivity index (χ3v) is 3.81. The van der Waals surface area contributed by atoms with E-state index in [1.807, 2.05) is 0 Å². The Hall–Kier alpha value is -2.26. The lowest BCUT2D eigenvalue weighted by Crippen LogP contribution is -2.23. The van der Waals surface area contributed by atoms with Gasteiger partial charge in [0.25, 0.3) is 0 Å². The minimum atomic E-state index is -3.97. The molecule has 0 amide bonds. The third kappa shape index (κ3) is 3.00. The molecule has 0 aliphatic carbocycles. The van der Waals surface area contributed by atoms with Crippen LogP contribution in [0.2, 0.25) is 0 Å². The average Bonchev–Trinajstić information content (AvgIpc) is 2.89. The fourth-order valence-electron chi connectivity index (χ4n) is 1.42. The van der Waals surface area contributed by atoms with Gasteiger partial charge in [0.2, 0.25) is 10.0 Å². The minimum absolute atomic E-state index is 0.126. The summed E-state index contributed by atoms with van der Waals surface area (Å²) in [7, 11) is -3.97. The molecule has 2 rings (SSSR count). The van der Waals surface area contributed by atoms with E-state index in [9.17, 15) is 17.6 Å². The zero-order chi connectivity index (χ0) is 14.8. The molecule has 0 fully saturated rings. The van der Waals surface area contributed by atoms with Gasteiger partial charge in [-0.25, -0.2) is 22.3 Å². The summed E-state index contributed by atoms with van der Waals surface area (Å²) in [6.45, 7) is -0.126. The summed E-state index contributed by atoms with van der Waals surface area (Å²) in [6.07, 6.45) is 1.28. The molecule has 1 aromatic heterocycles. The molecule has 1 aromatic carbocycles. The number of carboxylic acid groups (broad SMARTS) is 1. The van der Waals surface area contributed by atoms with E-state index in [0.717, 1.165) is 18.2 Å². The van der Waals surface area contributed by atoms with E-state index in [4.69, 9.17) is 5.11 Å². The fraction of sp³-hybridized carbons (Fsp3) is 0.0909. The van der Waals surface area contributed by atoms with Crippen molar-refractivity contribution < 1.29 is 27.2 Å². The van der Waals surface area contributed by atoms with Crippen LogP contribution in [0.15, 0.2) is 39.9 Å². The summed E-state index contributed by atoms with van der Waals surface area (Å²) in [6, 6.07) is 3.99. The maximum Gasteiger partial charge on any atom is 0.338 e. The van der Waals surface area contributed by atoms with Gasteiger partial charge in [0.05, 0.1) is 22.7 Å². The van der Waals surface area contributed by atoms with Crippen LogP contribution in [0.25, 0.3) is 0 Å². The van der Waals surface area contributed by atoms with Crippen LogP contribution >= 0.6 is 0 Å². The summed E-state index contributed by atoms with van der Waals surface area (Å²) in [5.41, 5.74) is -0.358. The van der Waals surface area contributed by atoms with Crippen LogP contribution < -0.4 is 4.72 Å². The van der Waals surface area contributed by atoms with Crippen molar-refractivity contribution in [3.8, 4) is 0 Å². The standard InChI is InChI=1S/C11H9FN2O5S/c12-10-2-1-8(5-9(10)11(15)16)20(17,18)13-6-7-3-4-19-14-7/h1-5,13H,6H2,(H,15,16). The summed E-state index contributed by atoms with van der Waals surface area (Å²) in [4.78, 5) is 10.4. The quantitative estimate of drug-likeness (QED) is 0.852. The first-order chi connectivity index (χ1) is 9.40. The van der Waals surface area contributed by atoms with Crippen LogP contribution in [0.4, 0.5) is 4.39 Å². The highest BCUT2D eigenvalue weighted by Crippen LogP contribution is 2.15. The van der Waals surface area contributed by atoms with E-state index in [2.05, 4.69) is 14.4 Å². The second-order valence-corrected chi connectivity index (χ2v) is 5.53. The monoisotopic (exact) mass is 300 g/mol. The number of nitrogens with zero attached hydrogens (tertiary/aromatic N) is 1. The lowest BCUT2D eigenvalue weighted by atomic mass is 10.2. The van der Waals surface area contributed by atoms with Gasteiger partial charge in [0, 0.05) is 6.07 Å². The first kappa shape index (κ1) is 14.2. The van der Waals surface area contributed by atoms with Crippen LogP contribution in [0.3, 0.4) is 0 Å². The first-order valence-electron chi connectivity index (χ1n) is 5.32. The van der Waals surface area contributed by atoms with Crippen molar-refractivity contribution in [3.63, 3.8) is 0 Å². The molecule has 0 unspecified atom stereocenters. The molecule has 20 heavy (non-hydrogen) atoms. The van der Waals surface area contributed by atoms with Crippen LogP contribution in [-0.4, -0.2) is 24.7 Å². The molecular formula is C11H9FN2O5S. The van der Waals surface area contributed by atoms with Crippen LogP contribution in [0.5, 0.6) is 0 Å². The van der Waals surface area contributed by atoms with Gasteiger partial charge in [0.15, 0.2) is 0 Å². The molecule has 2 N–H and O–H groups in total. The zero-order valence-electron chi connectivity index (χ0n) is 9.91. The van der Waals surface area contributed by atoms with Crippen molar-refractivity contribution in [2.24, 2.45) is 0 Å². The number of carbonyl (C=O) groups is 1. The van der Waals surface area contributed by atoms with E-state index in [0.29, 0.717) is 5.69 Å². The molecule has 1 heterocycles. The van der Waals surface area contributed by atoms with Gasteiger partial charge >= 0.3 is 5.97 Å². The highest BCUT2D eigenvalue weighted by atomic mass is 32.2. The van der Waals surface area contributed by atoms with E-state index < -0.39 is 27.4 Å². The number of halogens is 1. The number of benzene rings is 1. The van der Waals surface area contributed by atoms with Gasteiger partial charge in [0.1, 0.15) is 12.1 Å². The second-order valence-electron chi connectivity index (χ2n) is 3.76. The van der Waals surface area contributed by atoms with Gasteiger partial charge in [-0.2, -0.15) is 0 Å². The molecule has 0 spiro atoms. The summed E-state index contributed by atoms with van der Waals surface area (Å²) in [5.74, 6) is -2.55. The molecule has 0 aliphatic rings. The van der Waals surface area contributed by atoms with Gasteiger partial charge in [-0.3, -0.25) is 0 Å². The Balaban J connectivity index is 2.25. The number of hydrogen-bond acceptors (Lipinski definition) is 5. The maximum atomic E-state index is 13.2. The summed E-state index contributed by atoms with van der Waals surface area (Å²) >= 11 is 0. The van der Waals surface area contributed by atoms with Crippen LogP contribution in [-0.2, 0) is 16.6 Å². The van der Waals surface area contributed by atoms with E-state index in [1.165, 1.54) is 12.3 Å². The van der Waals surface area contributed by atoms with Gasteiger partial charge in [-0.1, -0.05) is 5.16 Å². The molecule has 0 atom stereocenters. The zero-order valence-corrected chi connectivity index (χ0v) is 10.7. The Morgan fingerprint density at radius 3 is 2.75 bits per heavy atom. The Labute approximate surface area is 113 Å². The average molecular weight is 300 g/mol. The van der Waals surface area contributed by atoms with Gasteiger partial charge < -0.3 is 9.63 Å². The Morgan fingerprint density at radius 2 is 2.15 bits per heavy atom. The fourth-order valence-corrected chi connectivity index (χ4v) is 2.44. The predicted octanol–water partition coefficient (Wildman–Crippen LogP) is 0.990. The predicted molar refractivity (Wildman–Crippen MR) is 63.9 cm³/mol. The minimum Gasteiger partial charge on any atom is -0.478 e. The SMILES string of the molecule is O=C(O)c1cc(S(=O)(=O)NCc2ccon2)ccc1F. The highest BCUT2D eigenvalue weighted by Gasteiger charge is 2.19. The van der Waals surface area contributed by atoms with E-state index >= 15 is 0 Å². The number of nitrogens with one attached hydrogen (secondary N) is 1. The largest absolute Gasteiger partial charge is 0.478 e. The molecule has 0 aliphatic heterocycles. The topological polar surface area (TPSA) is 110 Å². The number of sulfonamides is 1. The molecule has 2 aromatic rings. The lowest BCUT2D eigenvalue weighted by molar-refractivity contribution is 0.0691. The van der Waals surface area contributed by atoms with Crippen LogP contribution in [0, 0.1) is 5.82 Å². The summed E-state index contributed by atoms with van der Waals surface area (Å²) < 4.78 is 43.8. The molecule has 106 valence electrons. The van der Waals surface area contributed by atoms with Crippen molar-refractivity contribution in [1.82, 2.24) is 9.88 Å². The number of aromatic carboxylic acids is 1. The molecule has 9 heteroatoms. The molecule has 0 saturated heterocycles. The lowest BCUT2D eigenvalue weighted by Gasteiger charge is -2.06. The number of rotatable bonds is 5. The normalized spacial score (nSPS) is 11.4. The molecule has 0 saturated carbocycles. The smallest absolute Gasteiger partial charge is 0.338 e. The number of hydrogen-bond donors (Lipinski definition) is 2. The van der Waals surface area contributed by atoms with Gasteiger partial charge in [-0.05, 0) is 18.2 Å². The van der Waals surface area contributed by atoms with Crippen molar-refractivity contribution in [2.45, 2.75) is 11.4 Å². The van der Waals surface area contributed by atoms with Crippen molar-refractivity contribution in [2.75, 3.05) is 0 Å². The number of carboxylic acids is 1. The molecular weight excluding hydrogens is 291 g/mol. The highest BCUT2D eigenvalue weighted by molar-refractivity contribution is 7.89. The van der Waals surface area contributed by atoms with E-state index in [-0.39, 0.29) is 11.4 Å². The second kappa shape index (κ2) is 5.39. The Bertz CT molecular complexity index is 727. The van der Waals surface area contributed by atoms with Crippen molar-refractivity contribution >= 4 is 16.0 Å². The summed E-state index contributed by atoms with van der Waals surface area (Å²) in [5, 5.41) is 12.3.